The van der Waals surface area contributed by atoms with Crippen molar-refractivity contribution in [3.8, 4) is 0 Å². The molecule has 0 aliphatic heterocycles. The van der Waals surface area contributed by atoms with E-state index in [2.05, 4.69) is 17.2 Å². The molecule has 0 bridgehead atoms. The fourth-order valence-electron chi connectivity index (χ4n) is 1.77. The van der Waals surface area contributed by atoms with E-state index in [1.165, 1.54) is 10.2 Å². The topological polar surface area (TPSA) is 55.1 Å². The van der Waals surface area contributed by atoms with E-state index in [-0.39, 0.29) is 5.69 Å². The quantitative estimate of drug-likeness (QED) is 0.872. The minimum atomic E-state index is -0.939. The van der Waals surface area contributed by atoms with E-state index in [0.717, 1.165) is 18.5 Å². The standard InChI is InChI=1S/C13H14N2O2/c1-15-12(13(16)17)9-11(14-15)8-7-10-5-3-2-4-6-10/h2-6,9H,7-8H2,1H3,(H,16,17). The molecule has 0 unspecified atom stereocenters. The lowest BCUT2D eigenvalue weighted by Crippen LogP contribution is -2.04. The molecule has 4 heteroatoms. The minimum Gasteiger partial charge on any atom is -0.477 e. The lowest BCUT2D eigenvalue weighted by Gasteiger charge is -1.97. The first-order chi connectivity index (χ1) is 8.16. The summed E-state index contributed by atoms with van der Waals surface area (Å²) in [5.74, 6) is -0.939. The molecule has 0 radical (unpaired) electrons. The maximum atomic E-state index is 10.8. The molecule has 0 spiro atoms. The molecular weight excluding hydrogens is 216 g/mol. The summed E-state index contributed by atoms with van der Waals surface area (Å²) >= 11 is 0. The van der Waals surface area contributed by atoms with Gasteiger partial charge in [0.05, 0.1) is 5.69 Å². The van der Waals surface area contributed by atoms with Gasteiger partial charge < -0.3 is 5.11 Å². The molecule has 1 heterocycles. The zero-order chi connectivity index (χ0) is 12.3. The molecule has 0 saturated carbocycles. The van der Waals surface area contributed by atoms with E-state index < -0.39 is 5.97 Å². The van der Waals surface area contributed by atoms with Crippen LogP contribution in [0, 0.1) is 0 Å². The van der Waals surface area contributed by atoms with Crippen molar-refractivity contribution in [2.45, 2.75) is 12.8 Å². The van der Waals surface area contributed by atoms with Crippen molar-refractivity contribution in [1.82, 2.24) is 9.78 Å². The molecule has 2 rings (SSSR count). The maximum Gasteiger partial charge on any atom is 0.354 e. The number of hydrogen-bond donors (Lipinski definition) is 1. The van der Waals surface area contributed by atoms with Crippen LogP contribution in [0.15, 0.2) is 36.4 Å². The summed E-state index contributed by atoms with van der Waals surface area (Å²) in [6.45, 7) is 0. The summed E-state index contributed by atoms with van der Waals surface area (Å²) in [6.07, 6.45) is 1.63. The fraction of sp³-hybridized carbons (Fsp3) is 0.231. The van der Waals surface area contributed by atoms with Crippen LogP contribution in [0.4, 0.5) is 0 Å². The van der Waals surface area contributed by atoms with E-state index in [0.29, 0.717) is 0 Å². The molecule has 0 fully saturated rings. The van der Waals surface area contributed by atoms with Gasteiger partial charge in [-0.25, -0.2) is 4.79 Å². The van der Waals surface area contributed by atoms with Gasteiger partial charge in [-0.3, -0.25) is 4.68 Å². The molecule has 0 aliphatic rings. The Bertz CT molecular complexity index is 517. The van der Waals surface area contributed by atoms with Crippen molar-refractivity contribution in [3.63, 3.8) is 0 Å². The monoisotopic (exact) mass is 230 g/mol. The Labute approximate surface area is 99.5 Å². The highest BCUT2D eigenvalue weighted by Crippen LogP contribution is 2.08. The van der Waals surface area contributed by atoms with Crippen LogP contribution in [0.25, 0.3) is 0 Å². The molecule has 88 valence electrons. The van der Waals surface area contributed by atoms with Crippen molar-refractivity contribution >= 4 is 5.97 Å². The number of carboxylic acids is 1. The first kappa shape index (κ1) is 11.4. The van der Waals surface area contributed by atoms with Gasteiger partial charge >= 0.3 is 5.97 Å². The average molecular weight is 230 g/mol. The molecule has 0 atom stereocenters. The van der Waals surface area contributed by atoms with Crippen molar-refractivity contribution in [2.75, 3.05) is 0 Å². The predicted molar refractivity (Wildman–Crippen MR) is 64.0 cm³/mol. The Morgan fingerprint density at radius 1 is 1.29 bits per heavy atom. The van der Waals surface area contributed by atoms with Crippen molar-refractivity contribution in [1.29, 1.82) is 0 Å². The summed E-state index contributed by atoms with van der Waals surface area (Å²) in [6, 6.07) is 11.7. The third-order valence-corrected chi connectivity index (χ3v) is 2.66. The maximum absolute atomic E-state index is 10.8. The van der Waals surface area contributed by atoms with Gasteiger partial charge in [0.2, 0.25) is 0 Å². The number of nitrogens with zero attached hydrogens (tertiary/aromatic N) is 2. The van der Waals surface area contributed by atoms with Crippen LogP contribution in [0.5, 0.6) is 0 Å². The highest BCUT2D eigenvalue weighted by Gasteiger charge is 2.11. The molecule has 2 aromatic rings. The third kappa shape index (κ3) is 2.72. The summed E-state index contributed by atoms with van der Waals surface area (Å²) in [5.41, 5.74) is 2.27. The van der Waals surface area contributed by atoms with Crippen LogP contribution in [-0.4, -0.2) is 20.9 Å². The second kappa shape index (κ2) is 4.82. The molecule has 1 aromatic heterocycles. The molecule has 4 nitrogen and oxygen atoms in total. The number of aromatic nitrogens is 2. The third-order valence-electron chi connectivity index (χ3n) is 2.66. The Kier molecular flexibility index (Phi) is 3.23. The molecule has 0 aliphatic carbocycles. The summed E-state index contributed by atoms with van der Waals surface area (Å²) in [7, 11) is 1.65. The number of hydrogen-bond acceptors (Lipinski definition) is 2. The Morgan fingerprint density at radius 3 is 2.59 bits per heavy atom. The molecule has 1 N–H and O–H groups in total. The summed E-state index contributed by atoms with van der Waals surface area (Å²) in [5, 5.41) is 13.1. The van der Waals surface area contributed by atoms with E-state index in [1.54, 1.807) is 13.1 Å². The smallest absolute Gasteiger partial charge is 0.354 e. The van der Waals surface area contributed by atoms with Crippen LogP contribution in [0.1, 0.15) is 21.7 Å². The molecular formula is C13H14N2O2. The predicted octanol–water partition coefficient (Wildman–Crippen LogP) is 1.90. The van der Waals surface area contributed by atoms with Crippen molar-refractivity contribution < 1.29 is 9.90 Å². The number of carbonyl (C=O) groups is 1. The number of aryl methyl sites for hydroxylation is 3. The first-order valence-corrected chi connectivity index (χ1v) is 5.47. The molecule has 1 aromatic carbocycles. The Morgan fingerprint density at radius 2 is 2.00 bits per heavy atom. The van der Waals surface area contributed by atoms with Gasteiger partial charge in [0.15, 0.2) is 0 Å². The second-order valence-electron chi connectivity index (χ2n) is 3.94. The van der Waals surface area contributed by atoms with Gasteiger partial charge in [0.25, 0.3) is 0 Å². The van der Waals surface area contributed by atoms with Gasteiger partial charge in [0, 0.05) is 7.05 Å². The summed E-state index contributed by atoms with van der Waals surface area (Å²) in [4.78, 5) is 10.8. The fourth-order valence-corrected chi connectivity index (χ4v) is 1.77. The SMILES string of the molecule is Cn1nc(CCc2ccccc2)cc1C(=O)O. The molecule has 17 heavy (non-hydrogen) atoms. The van der Waals surface area contributed by atoms with E-state index in [4.69, 9.17) is 5.11 Å². The van der Waals surface area contributed by atoms with Crippen LogP contribution in [0.2, 0.25) is 0 Å². The van der Waals surface area contributed by atoms with Gasteiger partial charge in [-0.15, -0.1) is 0 Å². The number of benzene rings is 1. The lowest BCUT2D eigenvalue weighted by atomic mass is 10.1. The zero-order valence-electron chi connectivity index (χ0n) is 9.63. The Balaban J connectivity index is 2.05. The van der Waals surface area contributed by atoms with Gasteiger partial charge in [-0.2, -0.15) is 5.10 Å². The van der Waals surface area contributed by atoms with E-state index in [1.807, 2.05) is 18.2 Å². The number of rotatable bonds is 4. The van der Waals surface area contributed by atoms with E-state index in [9.17, 15) is 4.79 Å². The zero-order valence-corrected chi connectivity index (χ0v) is 9.63. The molecule has 0 saturated heterocycles. The van der Waals surface area contributed by atoms with E-state index >= 15 is 0 Å². The van der Waals surface area contributed by atoms with Crippen molar-refractivity contribution in [2.24, 2.45) is 7.05 Å². The Hall–Kier alpha value is -2.10. The highest BCUT2D eigenvalue weighted by molar-refractivity contribution is 5.85. The van der Waals surface area contributed by atoms with Gasteiger partial charge in [-0.05, 0) is 24.5 Å². The van der Waals surface area contributed by atoms with Crippen LogP contribution >= 0.6 is 0 Å². The minimum absolute atomic E-state index is 0.230. The van der Waals surface area contributed by atoms with Gasteiger partial charge in [-0.1, -0.05) is 30.3 Å². The average Bonchev–Trinajstić information content (AvgIpc) is 2.69. The van der Waals surface area contributed by atoms with Crippen molar-refractivity contribution in [3.05, 3.63) is 53.3 Å². The number of carboxylic acid groups (broad SMARTS) is 1. The first-order valence-electron chi connectivity index (χ1n) is 5.47. The van der Waals surface area contributed by atoms with Crippen LogP contribution < -0.4 is 0 Å². The van der Waals surface area contributed by atoms with Crippen LogP contribution in [-0.2, 0) is 19.9 Å². The normalized spacial score (nSPS) is 10.4. The lowest BCUT2D eigenvalue weighted by molar-refractivity contribution is 0.0685. The van der Waals surface area contributed by atoms with Gasteiger partial charge in [0.1, 0.15) is 5.69 Å². The number of aromatic carboxylic acids is 1. The highest BCUT2D eigenvalue weighted by atomic mass is 16.4. The molecule has 0 amide bonds. The second-order valence-corrected chi connectivity index (χ2v) is 3.94. The largest absolute Gasteiger partial charge is 0.477 e. The van der Waals surface area contributed by atoms with Crippen LogP contribution in [0.3, 0.4) is 0 Å². The summed E-state index contributed by atoms with van der Waals surface area (Å²) < 4.78 is 1.41.